The molecule has 1 aromatic carbocycles. The molecule has 2 aromatic rings. The number of benzene rings is 1. The van der Waals surface area contributed by atoms with Gasteiger partial charge in [0.05, 0.1) is 12.8 Å². The summed E-state index contributed by atoms with van der Waals surface area (Å²) in [6.07, 6.45) is -2.98. The lowest BCUT2D eigenvalue weighted by Gasteiger charge is -2.24. The van der Waals surface area contributed by atoms with Gasteiger partial charge in [-0.2, -0.15) is 4.98 Å². The van der Waals surface area contributed by atoms with Crippen LogP contribution in [-0.2, 0) is 14.2 Å². The second-order valence-corrected chi connectivity index (χ2v) is 6.80. The third kappa shape index (κ3) is 3.60. The molecule has 10 nitrogen and oxygen atoms in total. The van der Waals surface area contributed by atoms with E-state index in [2.05, 4.69) is 10.3 Å². The minimum absolute atomic E-state index is 0.125. The van der Waals surface area contributed by atoms with Gasteiger partial charge < -0.3 is 34.7 Å². The van der Waals surface area contributed by atoms with Crippen molar-refractivity contribution in [3.8, 4) is 17.2 Å². The Bertz CT molecular complexity index is 971. The summed E-state index contributed by atoms with van der Waals surface area (Å²) in [4.78, 5) is 16.6. The number of nitrogens with two attached hydrogens (primary N) is 1. The second kappa shape index (κ2) is 8.56. The lowest BCUT2D eigenvalue weighted by atomic mass is 10.1. The topological polar surface area (TPSA) is 119 Å². The first-order valence-electron chi connectivity index (χ1n) is 9.42. The minimum Gasteiger partial charge on any atom is -0.490 e. The van der Waals surface area contributed by atoms with Crippen molar-refractivity contribution < 1.29 is 28.1 Å². The van der Waals surface area contributed by atoms with Crippen LogP contribution < -0.4 is 26.2 Å². The molecule has 0 aliphatic carbocycles. The number of hydrogen-bond acceptors (Lipinski definition) is 9. The predicted octanol–water partition coefficient (Wildman–Crippen LogP) is 1.33. The van der Waals surface area contributed by atoms with Crippen LogP contribution in [0.3, 0.4) is 0 Å². The Morgan fingerprint density at radius 3 is 2.90 bits per heavy atom. The van der Waals surface area contributed by atoms with Crippen molar-refractivity contribution in [2.24, 2.45) is 5.73 Å². The van der Waals surface area contributed by atoms with E-state index < -0.39 is 30.3 Å². The number of para-hydroxylation sites is 1. The summed E-state index contributed by atoms with van der Waals surface area (Å²) < 4.78 is 43.5. The summed E-state index contributed by atoms with van der Waals surface area (Å²) in [6.45, 7) is 0.794. The molecular formula is C19H23FN4O6. The fourth-order valence-electron chi connectivity index (χ4n) is 3.54. The standard InChI is InChI=1S/C19H23FN4O6/c1-26-9-13-16(27-2)14(20)18(30-13)24-8-12-17(23-19(24)25)22-15-10(28-7-6-21)4-3-5-11(15)29-12/h3-5,8,13-14,16,18H,6-7,9,21H2,1-2H3,(H,22,23,25)/t13-,14+,16?,18-/m1/s1. The van der Waals surface area contributed by atoms with Gasteiger partial charge in [-0.1, -0.05) is 6.07 Å². The molecule has 162 valence electrons. The Labute approximate surface area is 171 Å². The third-order valence-electron chi connectivity index (χ3n) is 4.89. The first kappa shape index (κ1) is 20.5. The lowest BCUT2D eigenvalue weighted by molar-refractivity contribution is -0.0625. The Morgan fingerprint density at radius 2 is 2.17 bits per heavy atom. The molecule has 4 atom stereocenters. The molecule has 1 aromatic heterocycles. The van der Waals surface area contributed by atoms with Gasteiger partial charge in [0.2, 0.25) is 0 Å². The first-order chi connectivity index (χ1) is 14.6. The van der Waals surface area contributed by atoms with Crippen molar-refractivity contribution >= 4 is 11.5 Å². The molecule has 1 saturated heterocycles. The van der Waals surface area contributed by atoms with Gasteiger partial charge in [-0.05, 0) is 12.1 Å². The van der Waals surface area contributed by atoms with Crippen LogP contribution in [-0.4, -0.2) is 61.9 Å². The van der Waals surface area contributed by atoms with Gasteiger partial charge in [0.25, 0.3) is 0 Å². The SMILES string of the molecule is COC[C@H]1O[C@@H](n2cc3c(nc2=O)Nc2c(OCCN)cccc2O3)[C@@H](F)C1OC. The van der Waals surface area contributed by atoms with E-state index in [0.29, 0.717) is 30.3 Å². The molecule has 0 bridgehead atoms. The van der Waals surface area contributed by atoms with Gasteiger partial charge in [0.1, 0.15) is 30.3 Å². The van der Waals surface area contributed by atoms with E-state index in [1.54, 1.807) is 18.2 Å². The maximum absolute atomic E-state index is 15.0. The quantitative estimate of drug-likeness (QED) is 0.581. The molecule has 2 aliphatic heterocycles. The van der Waals surface area contributed by atoms with E-state index >= 15 is 0 Å². The fraction of sp³-hybridized carbons (Fsp3) is 0.474. The van der Waals surface area contributed by atoms with Crippen LogP contribution >= 0.6 is 0 Å². The van der Waals surface area contributed by atoms with E-state index in [0.717, 1.165) is 4.57 Å². The van der Waals surface area contributed by atoms with Crippen LogP contribution in [0.25, 0.3) is 0 Å². The maximum atomic E-state index is 15.0. The maximum Gasteiger partial charge on any atom is 0.352 e. The summed E-state index contributed by atoms with van der Waals surface area (Å²) in [7, 11) is 2.86. The summed E-state index contributed by atoms with van der Waals surface area (Å²) in [5.74, 6) is 1.43. The minimum atomic E-state index is -1.59. The van der Waals surface area contributed by atoms with Crippen LogP contribution in [0.4, 0.5) is 15.9 Å². The molecule has 0 spiro atoms. The largest absolute Gasteiger partial charge is 0.490 e. The van der Waals surface area contributed by atoms with Crippen molar-refractivity contribution in [2.75, 3.05) is 39.3 Å². The number of nitrogens with zero attached hydrogens (tertiary/aromatic N) is 2. The van der Waals surface area contributed by atoms with Crippen molar-refractivity contribution in [1.82, 2.24) is 9.55 Å². The van der Waals surface area contributed by atoms with Crippen LogP contribution in [0.2, 0.25) is 0 Å². The predicted molar refractivity (Wildman–Crippen MR) is 104 cm³/mol. The molecule has 2 aliphatic rings. The highest BCUT2D eigenvalue weighted by Gasteiger charge is 2.47. The lowest BCUT2D eigenvalue weighted by Crippen LogP contribution is -2.35. The second-order valence-electron chi connectivity index (χ2n) is 6.80. The van der Waals surface area contributed by atoms with Crippen LogP contribution in [0.1, 0.15) is 6.23 Å². The molecule has 1 unspecified atom stereocenters. The van der Waals surface area contributed by atoms with E-state index in [1.807, 2.05) is 0 Å². The Hall–Kier alpha value is -2.73. The average Bonchev–Trinajstić information content (AvgIpc) is 3.05. The summed E-state index contributed by atoms with van der Waals surface area (Å²) in [5.41, 5.74) is 5.32. The van der Waals surface area contributed by atoms with Crippen molar-refractivity contribution in [1.29, 1.82) is 0 Å². The van der Waals surface area contributed by atoms with Gasteiger partial charge in [0.15, 0.2) is 29.7 Å². The molecule has 0 amide bonds. The van der Waals surface area contributed by atoms with Gasteiger partial charge in [0, 0.05) is 20.8 Å². The normalized spacial score (nSPS) is 24.5. The number of nitrogens with one attached hydrogen (secondary N) is 1. The molecule has 30 heavy (non-hydrogen) atoms. The summed E-state index contributed by atoms with van der Waals surface area (Å²) >= 11 is 0. The molecule has 11 heteroatoms. The van der Waals surface area contributed by atoms with Gasteiger partial charge in [-0.15, -0.1) is 0 Å². The summed E-state index contributed by atoms with van der Waals surface area (Å²) in [6, 6.07) is 5.24. The Balaban J connectivity index is 1.64. The zero-order valence-electron chi connectivity index (χ0n) is 16.5. The highest BCUT2D eigenvalue weighted by Crippen LogP contribution is 2.45. The van der Waals surface area contributed by atoms with Crippen LogP contribution in [0, 0.1) is 0 Å². The number of alkyl halides is 1. The highest BCUT2D eigenvalue weighted by atomic mass is 19.1. The van der Waals surface area contributed by atoms with Crippen molar-refractivity contribution in [3.63, 3.8) is 0 Å². The molecule has 3 heterocycles. The zero-order valence-corrected chi connectivity index (χ0v) is 16.5. The number of hydrogen-bond donors (Lipinski definition) is 2. The van der Waals surface area contributed by atoms with Crippen LogP contribution in [0.5, 0.6) is 17.2 Å². The van der Waals surface area contributed by atoms with Gasteiger partial charge in [-0.3, -0.25) is 4.57 Å². The monoisotopic (exact) mass is 422 g/mol. The summed E-state index contributed by atoms with van der Waals surface area (Å²) in [5, 5.41) is 3.04. The van der Waals surface area contributed by atoms with E-state index in [1.165, 1.54) is 20.4 Å². The number of aromatic nitrogens is 2. The Morgan fingerprint density at radius 1 is 1.33 bits per heavy atom. The van der Waals surface area contributed by atoms with Gasteiger partial charge in [-0.25, -0.2) is 9.18 Å². The van der Waals surface area contributed by atoms with Crippen LogP contribution in [0.15, 0.2) is 29.2 Å². The van der Waals surface area contributed by atoms with Gasteiger partial charge >= 0.3 is 5.69 Å². The smallest absolute Gasteiger partial charge is 0.352 e. The highest BCUT2D eigenvalue weighted by molar-refractivity contribution is 5.77. The fourth-order valence-corrected chi connectivity index (χ4v) is 3.54. The number of methoxy groups -OCH3 is 2. The molecule has 0 saturated carbocycles. The van der Waals surface area contributed by atoms with E-state index in [4.69, 9.17) is 29.4 Å². The first-order valence-corrected chi connectivity index (χ1v) is 9.42. The number of ether oxygens (including phenoxy) is 5. The zero-order chi connectivity index (χ0) is 21.3. The number of halogens is 1. The molecule has 1 fully saturated rings. The van der Waals surface area contributed by atoms with Crippen molar-refractivity contribution in [3.05, 3.63) is 34.9 Å². The van der Waals surface area contributed by atoms with E-state index in [-0.39, 0.29) is 18.2 Å². The third-order valence-corrected chi connectivity index (χ3v) is 4.89. The number of fused-ring (bicyclic) bond motifs is 2. The Kier molecular flexibility index (Phi) is 5.86. The van der Waals surface area contributed by atoms with E-state index in [9.17, 15) is 9.18 Å². The number of rotatable bonds is 7. The number of anilines is 2. The molecule has 0 radical (unpaired) electrons. The molecule has 3 N–H and O–H groups in total. The molecule has 4 rings (SSSR count). The average molecular weight is 422 g/mol. The van der Waals surface area contributed by atoms with Crippen molar-refractivity contribution in [2.45, 2.75) is 24.6 Å². The molecular weight excluding hydrogens is 399 g/mol.